The van der Waals surface area contributed by atoms with Crippen LogP contribution in [-0.2, 0) is 0 Å². The molecule has 4 rings (SSSR count). The van der Waals surface area contributed by atoms with Crippen molar-refractivity contribution in [1.82, 2.24) is 0 Å². The summed E-state index contributed by atoms with van der Waals surface area (Å²) in [4.78, 5) is 0. The van der Waals surface area contributed by atoms with Gasteiger partial charge in [0.15, 0.2) is 0 Å². The monoisotopic (exact) mass is 270 g/mol. The summed E-state index contributed by atoms with van der Waals surface area (Å²) in [5, 5.41) is 3.75. The van der Waals surface area contributed by atoms with Gasteiger partial charge in [0.2, 0.25) is 0 Å². The van der Waals surface area contributed by atoms with Gasteiger partial charge in [-0.1, -0.05) is 0 Å². The van der Waals surface area contributed by atoms with Crippen LogP contribution < -0.4 is 0 Å². The van der Waals surface area contributed by atoms with Gasteiger partial charge in [-0.15, -0.1) is 0 Å². The van der Waals surface area contributed by atoms with Gasteiger partial charge in [0.05, 0.1) is 0 Å². The Balaban J connectivity index is 2.41. The molecule has 4 aromatic carbocycles. The molecule has 4 bridgehead atoms. The highest BCUT2D eigenvalue weighted by molar-refractivity contribution is 6.16. The van der Waals surface area contributed by atoms with Gasteiger partial charge in [-0.2, -0.15) is 0 Å². The van der Waals surface area contributed by atoms with E-state index in [0.717, 1.165) is 16.8 Å². The number of hydrogen-bond donors (Lipinski definition) is 0. The van der Waals surface area contributed by atoms with E-state index in [9.17, 15) is 13.2 Å². The Kier molecular flexibility index (Phi) is 2.09. The topological polar surface area (TPSA) is 0 Å². The fraction of sp³-hybridized carbons (Fsp3) is 0.0588. The molecule has 0 atom stereocenters. The van der Waals surface area contributed by atoms with Crippen LogP contribution in [0.1, 0.15) is 5.56 Å². The number of hydrogen-bond acceptors (Lipinski definition) is 0. The average Bonchev–Trinajstić information content (AvgIpc) is 2.36. The van der Waals surface area contributed by atoms with Crippen molar-refractivity contribution in [2.45, 2.75) is 6.92 Å². The van der Waals surface area contributed by atoms with Crippen molar-refractivity contribution in [1.29, 1.82) is 0 Å². The summed E-state index contributed by atoms with van der Waals surface area (Å²) in [7, 11) is 0. The second-order valence-corrected chi connectivity index (χ2v) is 5.14. The van der Waals surface area contributed by atoms with Crippen LogP contribution in [0.25, 0.3) is 32.3 Å². The number of aryl methyl sites for hydroxylation is 1. The maximum absolute atomic E-state index is 14.1. The second-order valence-electron chi connectivity index (χ2n) is 5.14. The Bertz CT molecular complexity index is 986. The van der Waals surface area contributed by atoms with Crippen molar-refractivity contribution in [3.05, 3.63) is 59.4 Å². The quantitative estimate of drug-likeness (QED) is 0.406. The fourth-order valence-electron chi connectivity index (χ4n) is 3.07. The molecule has 0 aliphatic rings. The van der Waals surface area contributed by atoms with Crippen LogP contribution in [0.2, 0.25) is 0 Å². The Morgan fingerprint density at radius 3 is 2.05 bits per heavy atom. The van der Waals surface area contributed by atoms with Gasteiger partial charge in [-0.05, 0) is 69.8 Å². The van der Waals surface area contributed by atoms with Crippen LogP contribution in [0.4, 0.5) is 13.2 Å². The molecule has 0 saturated heterocycles. The third-order valence-corrected chi connectivity index (χ3v) is 3.93. The molecule has 3 heteroatoms. The smallest absolute Gasteiger partial charge is 0.134 e. The van der Waals surface area contributed by atoms with Crippen LogP contribution >= 0.6 is 0 Å². The van der Waals surface area contributed by atoms with E-state index >= 15 is 0 Å². The summed E-state index contributed by atoms with van der Waals surface area (Å²) >= 11 is 0. The van der Waals surface area contributed by atoms with Crippen molar-refractivity contribution >= 4 is 32.3 Å². The Hall–Kier alpha value is -2.29. The van der Waals surface area contributed by atoms with Gasteiger partial charge in [0.1, 0.15) is 17.5 Å². The molecule has 98 valence electrons. The van der Waals surface area contributed by atoms with Gasteiger partial charge >= 0.3 is 0 Å². The predicted molar refractivity (Wildman–Crippen MR) is 74.8 cm³/mol. The minimum atomic E-state index is -0.624. The van der Waals surface area contributed by atoms with E-state index in [1.54, 1.807) is 6.92 Å². The molecule has 0 fully saturated rings. The molecule has 0 radical (unpaired) electrons. The summed E-state index contributed by atoms with van der Waals surface area (Å²) in [6.45, 7) is 1.78. The summed E-state index contributed by atoms with van der Waals surface area (Å²) in [5.41, 5.74) is 0.706. The van der Waals surface area contributed by atoms with E-state index in [0.29, 0.717) is 27.1 Å². The summed E-state index contributed by atoms with van der Waals surface area (Å²) in [6, 6.07) is 8.74. The molecule has 0 amide bonds. The zero-order chi connectivity index (χ0) is 14.0. The Morgan fingerprint density at radius 2 is 1.30 bits per heavy atom. The van der Waals surface area contributed by atoms with Crippen molar-refractivity contribution in [2.75, 3.05) is 0 Å². The summed E-state index contributed by atoms with van der Waals surface area (Å²) in [6.07, 6.45) is 0. The lowest BCUT2D eigenvalue weighted by Gasteiger charge is -2.13. The van der Waals surface area contributed by atoms with E-state index in [1.807, 2.05) is 12.1 Å². The third kappa shape index (κ3) is 1.38. The maximum Gasteiger partial charge on any atom is 0.134 e. The highest BCUT2D eigenvalue weighted by atomic mass is 19.1. The summed E-state index contributed by atoms with van der Waals surface area (Å²) < 4.78 is 41.2. The minimum absolute atomic E-state index is 0.339. The number of halogens is 3. The maximum atomic E-state index is 14.1. The zero-order valence-corrected chi connectivity index (χ0v) is 10.6. The van der Waals surface area contributed by atoms with E-state index in [-0.39, 0.29) is 5.82 Å². The minimum Gasteiger partial charge on any atom is -0.207 e. The first-order valence-electron chi connectivity index (χ1n) is 6.28. The van der Waals surface area contributed by atoms with Crippen molar-refractivity contribution in [3.63, 3.8) is 0 Å². The molecule has 0 aromatic heterocycles. The number of rotatable bonds is 0. The Morgan fingerprint density at radius 1 is 0.650 bits per heavy atom. The van der Waals surface area contributed by atoms with E-state index < -0.39 is 11.6 Å². The SMILES string of the molecule is Cc1c2cc(c3cc(F)cc2c3)c2cc(F)cc(F)c12. The molecule has 0 unspecified atom stereocenters. The fourth-order valence-corrected chi connectivity index (χ4v) is 3.07. The molecule has 0 saturated carbocycles. The van der Waals surface area contributed by atoms with Crippen LogP contribution in [0.5, 0.6) is 0 Å². The zero-order valence-electron chi connectivity index (χ0n) is 10.6. The van der Waals surface area contributed by atoms with Gasteiger partial charge in [-0.3, -0.25) is 0 Å². The van der Waals surface area contributed by atoms with Gasteiger partial charge in [0.25, 0.3) is 0 Å². The lowest BCUT2D eigenvalue weighted by atomic mass is 9.91. The van der Waals surface area contributed by atoms with E-state index in [1.165, 1.54) is 18.2 Å². The van der Waals surface area contributed by atoms with Crippen molar-refractivity contribution in [2.24, 2.45) is 0 Å². The molecule has 0 nitrogen and oxygen atoms in total. The first-order valence-corrected chi connectivity index (χ1v) is 6.28. The van der Waals surface area contributed by atoms with Crippen LogP contribution in [0.15, 0.2) is 36.4 Å². The van der Waals surface area contributed by atoms with Crippen LogP contribution in [0.3, 0.4) is 0 Å². The molecule has 0 heterocycles. The van der Waals surface area contributed by atoms with E-state index in [4.69, 9.17) is 0 Å². The molecular formula is C17H9F3. The lowest BCUT2D eigenvalue weighted by Crippen LogP contribution is -1.92. The molecule has 0 N–H and O–H groups in total. The molecular weight excluding hydrogens is 261 g/mol. The highest BCUT2D eigenvalue weighted by Gasteiger charge is 2.15. The number of benzene rings is 4. The Labute approximate surface area is 112 Å². The molecule has 0 spiro atoms. The largest absolute Gasteiger partial charge is 0.207 e. The third-order valence-electron chi connectivity index (χ3n) is 3.93. The van der Waals surface area contributed by atoms with Gasteiger partial charge < -0.3 is 0 Å². The second kappa shape index (κ2) is 3.63. The standard InChI is InChI=1S/C17H9F3/c1-8-13-7-14(10-2-9(13)3-11(18)4-10)15-5-12(19)6-16(20)17(8)15/h2-7H,1H3. The van der Waals surface area contributed by atoms with Gasteiger partial charge in [0, 0.05) is 11.5 Å². The normalized spacial score (nSPS) is 12.0. The van der Waals surface area contributed by atoms with Crippen molar-refractivity contribution < 1.29 is 13.2 Å². The van der Waals surface area contributed by atoms with Crippen LogP contribution in [0, 0.1) is 24.4 Å². The van der Waals surface area contributed by atoms with Crippen LogP contribution in [-0.4, -0.2) is 0 Å². The molecule has 4 aromatic rings. The molecule has 0 aliphatic carbocycles. The first-order chi connectivity index (χ1) is 9.54. The first kappa shape index (κ1) is 11.5. The lowest BCUT2D eigenvalue weighted by molar-refractivity contribution is 0.592. The number of fused-ring (bicyclic) bond motifs is 8. The predicted octanol–water partition coefficient (Wildman–Crippen LogP) is 5.31. The molecule has 0 aliphatic heterocycles. The van der Waals surface area contributed by atoms with Gasteiger partial charge in [-0.25, -0.2) is 13.2 Å². The summed E-state index contributed by atoms with van der Waals surface area (Å²) in [5.74, 6) is -1.54. The highest BCUT2D eigenvalue weighted by Crippen LogP contribution is 2.37. The molecule has 20 heavy (non-hydrogen) atoms. The van der Waals surface area contributed by atoms with Crippen molar-refractivity contribution in [3.8, 4) is 0 Å². The average molecular weight is 270 g/mol. The van der Waals surface area contributed by atoms with E-state index in [2.05, 4.69) is 0 Å².